The van der Waals surface area contributed by atoms with Gasteiger partial charge < -0.3 is 15.5 Å². The number of ether oxygens (including phenoxy) is 1. The van der Waals surface area contributed by atoms with Gasteiger partial charge in [0.2, 0.25) is 5.91 Å². The van der Waals surface area contributed by atoms with Gasteiger partial charge in [-0.15, -0.1) is 0 Å². The molecule has 1 heterocycles. The molecule has 0 radical (unpaired) electrons. The van der Waals surface area contributed by atoms with E-state index in [1.807, 2.05) is 42.5 Å². The van der Waals surface area contributed by atoms with Gasteiger partial charge in [0, 0.05) is 5.69 Å². The predicted molar refractivity (Wildman–Crippen MR) is 129 cm³/mol. The molecule has 0 fully saturated rings. The van der Waals surface area contributed by atoms with Crippen LogP contribution in [0.4, 0.5) is 5.69 Å². The number of aryl methyl sites for hydroxylation is 1. The first-order valence-corrected chi connectivity index (χ1v) is 10.3. The Kier molecular flexibility index (Phi) is 6.45. The lowest BCUT2D eigenvalue weighted by molar-refractivity contribution is -0.115. The molecule has 3 aromatic carbocycles. The van der Waals surface area contributed by atoms with E-state index in [0.717, 1.165) is 11.3 Å². The van der Waals surface area contributed by atoms with Crippen molar-refractivity contribution >= 4 is 28.7 Å². The molecule has 0 aliphatic heterocycles. The van der Waals surface area contributed by atoms with Crippen LogP contribution in [0.15, 0.2) is 82.7 Å². The van der Waals surface area contributed by atoms with Crippen molar-refractivity contribution in [2.45, 2.75) is 6.92 Å². The Balaban J connectivity index is 1.37. The van der Waals surface area contributed by atoms with E-state index in [0.29, 0.717) is 28.1 Å². The number of hydrazone groups is 1. The molecule has 0 bridgehead atoms. The zero-order valence-corrected chi connectivity index (χ0v) is 18.3. The van der Waals surface area contributed by atoms with Gasteiger partial charge in [-0.05, 0) is 73.2 Å². The zero-order chi connectivity index (χ0) is 23.2. The van der Waals surface area contributed by atoms with E-state index in [4.69, 9.17) is 4.74 Å². The third kappa shape index (κ3) is 5.07. The molecule has 166 valence electrons. The van der Waals surface area contributed by atoms with Crippen molar-refractivity contribution in [1.29, 1.82) is 0 Å². The summed E-state index contributed by atoms with van der Waals surface area (Å²) in [6.07, 6.45) is 1.62. The maximum absolute atomic E-state index is 12.9. The van der Waals surface area contributed by atoms with Gasteiger partial charge in [0.1, 0.15) is 18.1 Å². The molecule has 0 atom stereocenters. The highest BCUT2D eigenvalue weighted by molar-refractivity contribution is 5.92. The summed E-state index contributed by atoms with van der Waals surface area (Å²) in [6, 6.07) is 21.7. The van der Waals surface area contributed by atoms with Crippen LogP contribution in [0.3, 0.4) is 0 Å². The van der Waals surface area contributed by atoms with E-state index in [2.05, 4.69) is 20.8 Å². The number of para-hydroxylation sites is 1. The molecule has 4 rings (SSSR count). The monoisotopic (exact) mass is 441 g/mol. The van der Waals surface area contributed by atoms with Crippen LogP contribution < -0.4 is 21.0 Å². The van der Waals surface area contributed by atoms with E-state index in [-0.39, 0.29) is 18.0 Å². The van der Waals surface area contributed by atoms with E-state index in [9.17, 15) is 9.59 Å². The highest BCUT2D eigenvalue weighted by atomic mass is 16.5. The Morgan fingerprint density at radius 3 is 2.52 bits per heavy atom. The lowest BCUT2D eigenvalue weighted by Crippen LogP contribution is -2.25. The minimum Gasteiger partial charge on any atom is -0.497 e. The minimum absolute atomic E-state index is 0.0154. The summed E-state index contributed by atoms with van der Waals surface area (Å²) in [6.45, 7) is 1.81. The number of amides is 1. The van der Waals surface area contributed by atoms with Crippen molar-refractivity contribution in [3.05, 3.63) is 94.5 Å². The Hall–Kier alpha value is -4.46. The number of rotatable bonds is 7. The Morgan fingerprint density at radius 2 is 1.79 bits per heavy atom. The van der Waals surface area contributed by atoms with Crippen LogP contribution in [0.2, 0.25) is 0 Å². The number of carbonyl (C=O) groups excluding carboxylic acids is 1. The third-order valence-electron chi connectivity index (χ3n) is 5.01. The summed E-state index contributed by atoms with van der Waals surface area (Å²) < 4.78 is 6.67. The molecule has 0 aliphatic carbocycles. The van der Waals surface area contributed by atoms with Crippen molar-refractivity contribution in [3.8, 4) is 11.4 Å². The van der Waals surface area contributed by atoms with Crippen molar-refractivity contribution in [2.24, 2.45) is 5.10 Å². The second-order valence-electron chi connectivity index (χ2n) is 7.28. The third-order valence-corrected chi connectivity index (χ3v) is 5.01. The molecule has 1 aromatic heterocycles. The van der Waals surface area contributed by atoms with Gasteiger partial charge in [-0.3, -0.25) is 14.2 Å². The summed E-state index contributed by atoms with van der Waals surface area (Å²) >= 11 is 0. The number of fused-ring (bicyclic) bond motifs is 1. The summed E-state index contributed by atoms with van der Waals surface area (Å²) in [4.78, 5) is 29.6. The van der Waals surface area contributed by atoms with Gasteiger partial charge in [-0.2, -0.15) is 5.10 Å². The predicted octanol–water partition coefficient (Wildman–Crippen LogP) is 3.26. The minimum atomic E-state index is -0.240. The second-order valence-corrected chi connectivity index (χ2v) is 7.28. The molecule has 4 aromatic rings. The molecule has 2 N–H and O–H groups in total. The molecule has 8 heteroatoms. The number of anilines is 1. The summed E-state index contributed by atoms with van der Waals surface area (Å²) in [5.74, 6) is 1.12. The molecule has 0 saturated carbocycles. The Bertz CT molecular complexity index is 1360. The molecule has 33 heavy (non-hydrogen) atoms. The van der Waals surface area contributed by atoms with Gasteiger partial charge in [-0.25, -0.2) is 4.98 Å². The van der Waals surface area contributed by atoms with Gasteiger partial charge >= 0.3 is 0 Å². The molecule has 0 saturated heterocycles. The number of benzene rings is 3. The van der Waals surface area contributed by atoms with Crippen molar-refractivity contribution < 1.29 is 9.53 Å². The van der Waals surface area contributed by atoms with Crippen LogP contribution in [0.5, 0.6) is 5.75 Å². The van der Waals surface area contributed by atoms with E-state index in [1.54, 1.807) is 55.1 Å². The first-order chi connectivity index (χ1) is 16.0. The number of nitrogens with zero attached hydrogens (tertiary/aromatic N) is 3. The maximum atomic E-state index is 12.9. The SMILES string of the molecule is COc1ccc(/C=N/NCC(=O)Nc2ccc(-n3c(C)nc4ccccc4c3=O)cc2)cc1. The number of aromatic nitrogens is 2. The van der Waals surface area contributed by atoms with Crippen LogP contribution in [-0.4, -0.2) is 35.3 Å². The van der Waals surface area contributed by atoms with Crippen LogP contribution in [0.25, 0.3) is 16.6 Å². The van der Waals surface area contributed by atoms with Crippen LogP contribution in [0.1, 0.15) is 11.4 Å². The van der Waals surface area contributed by atoms with Gasteiger partial charge in [0.15, 0.2) is 0 Å². The summed E-state index contributed by atoms with van der Waals surface area (Å²) in [5.41, 5.74) is 5.44. The van der Waals surface area contributed by atoms with Crippen molar-refractivity contribution in [2.75, 3.05) is 19.0 Å². The first kappa shape index (κ1) is 21.8. The van der Waals surface area contributed by atoms with E-state index >= 15 is 0 Å². The number of nitrogens with one attached hydrogen (secondary N) is 2. The Labute approximate surface area is 190 Å². The van der Waals surface area contributed by atoms with Crippen LogP contribution in [0, 0.1) is 6.92 Å². The van der Waals surface area contributed by atoms with Crippen LogP contribution >= 0.6 is 0 Å². The highest BCUT2D eigenvalue weighted by Crippen LogP contribution is 2.15. The fourth-order valence-electron chi connectivity index (χ4n) is 3.37. The molecular formula is C25H23N5O3. The average molecular weight is 441 g/mol. The molecule has 8 nitrogen and oxygen atoms in total. The number of methoxy groups -OCH3 is 1. The fourth-order valence-corrected chi connectivity index (χ4v) is 3.37. The van der Waals surface area contributed by atoms with E-state index < -0.39 is 0 Å². The van der Waals surface area contributed by atoms with Crippen LogP contribution in [-0.2, 0) is 4.79 Å². The molecule has 0 aliphatic rings. The second kappa shape index (κ2) is 9.78. The lowest BCUT2D eigenvalue weighted by atomic mass is 10.2. The molecule has 0 unspecified atom stereocenters. The molecule has 0 spiro atoms. The van der Waals surface area contributed by atoms with Gasteiger partial charge in [0.05, 0.1) is 29.9 Å². The molecule has 1 amide bonds. The first-order valence-electron chi connectivity index (χ1n) is 10.3. The Morgan fingerprint density at radius 1 is 1.06 bits per heavy atom. The summed E-state index contributed by atoms with van der Waals surface area (Å²) in [7, 11) is 1.61. The van der Waals surface area contributed by atoms with Gasteiger partial charge in [0.25, 0.3) is 5.56 Å². The van der Waals surface area contributed by atoms with Gasteiger partial charge in [-0.1, -0.05) is 12.1 Å². The van der Waals surface area contributed by atoms with Crippen molar-refractivity contribution in [3.63, 3.8) is 0 Å². The largest absolute Gasteiger partial charge is 0.497 e. The zero-order valence-electron chi connectivity index (χ0n) is 18.3. The van der Waals surface area contributed by atoms with Crippen molar-refractivity contribution in [1.82, 2.24) is 15.0 Å². The normalized spacial score (nSPS) is 11.0. The number of carbonyl (C=O) groups is 1. The smallest absolute Gasteiger partial charge is 0.265 e. The fraction of sp³-hybridized carbons (Fsp3) is 0.120. The highest BCUT2D eigenvalue weighted by Gasteiger charge is 2.10. The lowest BCUT2D eigenvalue weighted by Gasteiger charge is -2.12. The topological polar surface area (TPSA) is 97.6 Å². The average Bonchev–Trinajstić information content (AvgIpc) is 2.83. The maximum Gasteiger partial charge on any atom is 0.265 e. The standard InChI is InChI=1S/C25H23N5O3/c1-17-28-23-6-4-3-5-22(23)25(32)30(17)20-11-9-19(10-12-20)29-24(31)16-27-26-15-18-7-13-21(33-2)14-8-18/h3-15,27H,16H2,1-2H3,(H,29,31)/b26-15+. The molecular weight excluding hydrogens is 418 g/mol. The summed E-state index contributed by atoms with van der Waals surface area (Å²) in [5, 5.41) is 7.41. The van der Waals surface area contributed by atoms with E-state index in [1.165, 1.54) is 0 Å². The quantitative estimate of drug-likeness (QED) is 0.339. The number of hydrogen-bond acceptors (Lipinski definition) is 6. The number of hydrogen-bond donors (Lipinski definition) is 2.